The molecular weight excluding hydrogens is 352 g/mol. The highest BCUT2D eigenvalue weighted by Gasteiger charge is 2.08. The lowest BCUT2D eigenvalue weighted by Gasteiger charge is -2.12. The minimum atomic E-state index is -0.406. The van der Waals surface area contributed by atoms with Crippen molar-refractivity contribution in [3.8, 4) is 0 Å². The van der Waals surface area contributed by atoms with Crippen LogP contribution in [0.15, 0.2) is 53.6 Å². The molecule has 0 heterocycles. The van der Waals surface area contributed by atoms with Crippen LogP contribution in [0.2, 0.25) is 5.02 Å². The Hall–Kier alpha value is -2.86. The molecule has 0 aliphatic heterocycles. The second kappa shape index (κ2) is 9.01. The van der Waals surface area contributed by atoms with E-state index in [1.807, 2.05) is 43.3 Å². The number of benzene rings is 2. The van der Waals surface area contributed by atoms with Crippen LogP contribution >= 0.6 is 11.6 Å². The Morgan fingerprint density at radius 1 is 1.00 bits per heavy atom. The Bertz CT molecular complexity index is 799. The SMILES string of the molecule is C/C(=N/NC(=O)CNC(=O)c1ccc(Cl)cc1)c1ccc(N(C)C)cc1. The molecule has 2 N–H and O–H groups in total. The van der Waals surface area contributed by atoms with E-state index in [1.165, 1.54) is 0 Å². The van der Waals surface area contributed by atoms with E-state index < -0.39 is 5.91 Å². The van der Waals surface area contributed by atoms with Crippen LogP contribution in [-0.2, 0) is 4.79 Å². The molecule has 0 spiro atoms. The zero-order chi connectivity index (χ0) is 19.1. The monoisotopic (exact) mass is 372 g/mol. The number of carbonyl (C=O) groups excluding carboxylic acids is 2. The van der Waals surface area contributed by atoms with Crippen LogP contribution in [0.5, 0.6) is 0 Å². The first-order chi connectivity index (χ1) is 12.4. The number of rotatable bonds is 6. The second-order valence-corrected chi connectivity index (χ2v) is 6.30. The van der Waals surface area contributed by atoms with E-state index >= 15 is 0 Å². The van der Waals surface area contributed by atoms with Crippen molar-refractivity contribution in [3.05, 3.63) is 64.7 Å². The average Bonchev–Trinajstić information content (AvgIpc) is 2.64. The molecule has 0 aromatic heterocycles. The average molecular weight is 373 g/mol. The van der Waals surface area contributed by atoms with Crippen molar-refractivity contribution in [2.75, 3.05) is 25.5 Å². The molecule has 136 valence electrons. The van der Waals surface area contributed by atoms with Gasteiger partial charge in [0.25, 0.3) is 11.8 Å². The lowest BCUT2D eigenvalue weighted by Crippen LogP contribution is -2.35. The maximum absolute atomic E-state index is 11.9. The first-order valence-corrected chi connectivity index (χ1v) is 8.39. The van der Waals surface area contributed by atoms with Crippen LogP contribution in [0.25, 0.3) is 0 Å². The number of amides is 2. The third-order valence-corrected chi connectivity index (χ3v) is 3.92. The Balaban J connectivity index is 1.85. The maximum Gasteiger partial charge on any atom is 0.259 e. The van der Waals surface area contributed by atoms with Crippen molar-refractivity contribution in [2.45, 2.75) is 6.92 Å². The van der Waals surface area contributed by atoms with Crippen molar-refractivity contribution >= 4 is 34.8 Å². The predicted octanol–water partition coefficient (Wildman–Crippen LogP) is 2.68. The van der Waals surface area contributed by atoms with Crippen molar-refractivity contribution in [1.82, 2.24) is 10.7 Å². The number of hydrazone groups is 1. The fraction of sp³-hybridized carbons (Fsp3) is 0.211. The number of hydrogen-bond donors (Lipinski definition) is 2. The lowest BCUT2D eigenvalue weighted by atomic mass is 10.1. The smallest absolute Gasteiger partial charge is 0.259 e. The minimum Gasteiger partial charge on any atom is -0.378 e. The molecule has 0 saturated heterocycles. The molecule has 2 aromatic carbocycles. The van der Waals surface area contributed by atoms with E-state index in [4.69, 9.17) is 11.6 Å². The molecule has 2 amide bonds. The van der Waals surface area contributed by atoms with E-state index in [9.17, 15) is 9.59 Å². The number of halogens is 1. The van der Waals surface area contributed by atoms with Crippen LogP contribution in [0, 0.1) is 0 Å². The van der Waals surface area contributed by atoms with E-state index in [0.29, 0.717) is 16.3 Å². The van der Waals surface area contributed by atoms with Crippen LogP contribution < -0.4 is 15.6 Å². The molecule has 0 bridgehead atoms. The predicted molar refractivity (Wildman–Crippen MR) is 105 cm³/mol. The summed E-state index contributed by atoms with van der Waals surface area (Å²) in [6, 6.07) is 14.2. The zero-order valence-corrected chi connectivity index (χ0v) is 15.7. The third-order valence-electron chi connectivity index (χ3n) is 3.67. The Morgan fingerprint density at radius 2 is 1.58 bits per heavy atom. The summed E-state index contributed by atoms with van der Waals surface area (Å²) in [6.07, 6.45) is 0. The van der Waals surface area contributed by atoms with Crippen LogP contribution in [0.1, 0.15) is 22.8 Å². The zero-order valence-electron chi connectivity index (χ0n) is 14.9. The van der Waals surface area contributed by atoms with Gasteiger partial charge >= 0.3 is 0 Å². The van der Waals surface area contributed by atoms with Gasteiger partial charge in [0.15, 0.2) is 0 Å². The summed E-state index contributed by atoms with van der Waals surface area (Å²) in [7, 11) is 3.93. The van der Waals surface area contributed by atoms with E-state index in [1.54, 1.807) is 31.2 Å². The quantitative estimate of drug-likeness (QED) is 0.604. The fourth-order valence-electron chi connectivity index (χ4n) is 2.11. The summed E-state index contributed by atoms with van der Waals surface area (Å²) >= 11 is 5.78. The standard InChI is InChI=1S/C19H21ClN4O2/c1-13(14-6-10-17(11-7-14)24(2)3)22-23-18(25)12-21-19(26)15-4-8-16(20)9-5-15/h4-11H,12H2,1-3H3,(H,21,26)(H,23,25)/b22-13-. The summed E-state index contributed by atoms with van der Waals surface area (Å²) < 4.78 is 0. The molecule has 0 aliphatic rings. The molecule has 0 fully saturated rings. The molecule has 6 nitrogen and oxygen atoms in total. The number of carbonyl (C=O) groups is 2. The van der Waals surface area contributed by atoms with Crippen LogP contribution in [0.3, 0.4) is 0 Å². The summed E-state index contributed by atoms with van der Waals surface area (Å²) in [5, 5.41) is 7.14. The normalized spacial score (nSPS) is 11.0. The minimum absolute atomic E-state index is 0.169. The Labute approximate surface area is 157 Å². The summed E-state index contributed by atoms with van der Waals surface area (Å²) in [5.41, 5.74) is 5.53. The molecule has 0 atom stereocenters. The van der Waals surface area contributed by atoms with Gasteiger partial charge in [-0.05, 0) is 48.9 Å². The van der Waals surface area contributed by atoms with Gasteiger partial charge in [0.1, 0.15) is 0 Å². The van der Waals surface area contributed by atoms with Gasteiger partial charge in [0.2, 0.25) is 0 Å². The van der Waals surface area contributed by atoms with E-state index in [-0.39, 0.29) is 12.5 Å². The molecule has 26 heavy (non-hydrogen) atoms. The number of nitrogens with zero attached hydrogens (tertiary/aromatic N) is 2. The molecule has 2 aromatic rings. The van der Waals surface area contributed by atoms with Gasteiger partial charge < -0.3 is 10.2 Å². The molecule has 0 unspecified atom stereocenters. The van der Waals surface area contributed by atoms with Gasteiger partial charge in [0, 0.05) is 30.4 Å². The van der Waals surface area contributed by atoms with Crippen molar-refractivity contribution in [1.29, 1.82) is 0 Å². The lowest BCUT2D eigenvalue weighted by molar-refractivity contribution is -0.120. The van der Waals surface area contributed by atoms with Gasteiger partial charge in [-0.15, -0.1) is 0 Å². The summed E-state index contributed by atoms with van der Waals surface area (Å²) in [6.45, 7) is 1.63. The first-order valence-electron chi connectivity index (χ1n) is 8.01. The van der Waals surface area contributed by atoms with Crippen molar-refractivity contribution < 1.29 is 9.59 Å². The molecule has 0 aliphatic carbocycles. The number of hydrogen-bond acceptors (Lipinski definition) is 4. The number of nitrogens with one attached hydrogen (secondary N) is 2. The molecular formula is C19H21ClN4O2. The molecule has 0 saturated carbocycles. The molecule has 7 heteroatoms. The Morgan fingerprint density at radius 3 is 2.15 bits per heavy atom. The van der Waals surface area contributed by atoms with E-state index in [2.05, 4.69) is 15.8 Å². The van der Waals surface area contributed by atoms with Gasteiger partial charge in [-0.1, -0.05) is 23.7 Å². The first kappa shape index (κ1) is 19.5. The Kier molecular flexibility index (Phi) is 6.74. The molecule has 2 rings (SSSR count). The summed E-state index contributed by atoms with van der Waals surface area (Å²) in [5.74, 6) is -0.756. The number of anilines is 1. The third kappa shape index (κ3) is 5.60. The van der Waals surface area contributed by atoms with Crippen molar-refractivity contribution in [3.63, 3.8) is 0 Å². The van der Waals surface area contributed by atoms with Gasteiger partial charge in [-0.2, -0.15) is 5.10 Å². The largest absolute Gasteiger partial charge is 0.378 e. The topological polar surface area (TPSA) is 73.8 Å². The summed E-state index contributed by atoms with van der Waals surface area (Å²) in [4.78, 5) is 25.8. The van der Waals surface area contributed by atoms with Gasteiger partial charge in [-0.3, -0.25) is 9.59 Å². The second-order valence-electron chi connectivity index (χ2n) is 5.86. The van der Waals surface area contributed by atoms with Crippen LogP contribution in [-0.4, -0.2) is 38.2 Å². The fourth-order valence-corrected chi connectivity index (χ4v) is 2.24. The maximum atomic E-state index is 11.9. The van der Waals surface area contributed by atoms with E-state index in [0.717, 1.165) is 11.3 Å². The van der Waals surface area contributed by atoms with Crippen molar-refractivity contribution in [2.24, 2.45) is 5.10 Å². The van der Waals surface area contributed by atoms with Gasteiger partial charge in [0.05, 0.1) is 12.3 Å². The molecule has 0 radical (unpaired) electrons. The highest BCUT2D eigenvalue weighted by Crippen LogP contribution is 2.12. The van der Waals surface area contributed by atoms with Crippen LogP contribution in [0.4, 0.5) is 5.69 Å². The van der Waals surface area contributed by atoms with Gasteiger partial charge in [-0.25, -0.2) is 5.43 Å². The highest BCUT2D eigenvalue weighted by atomic mass is 35.5. The highest BCUT2D eigenvalue weighted by molar-refractivity contribution is 6.30.